The van der Waals surface area contributed by atoms with Crippen molar-refractivity contribution in [2.24, 2.45) is 0 Å². The molecule has 4 rings (SSSR count). The molecule has 1 aromatic carbocycles. The first-order chi connectivity index (χ1) is 11.9. The second-order valence-electron chi connectivity index (χ2n) is 7.17. The van der Waals surface area contributed by atoms with E-state index in [1.54, 1.807) is 19.1 Å². The molecule has 1 unspecified atom stereocenters. The Morgan fingerprint density at radius 2 is 2.08 bits per heavy atom. The van der Waals surface area contributed by atoms with E-state index < -0.39 is 17.3 Å². The number of carbonyl (C=O) groups excluding carboxylic acids is 1. The van der Waals surface area contributed by atoms with Crippen LogP contribution >= 0.6 is 0 Å². The molecule has 5 nitrogen and oxygen atoms in total. The Morgan fingerprint density at radius 3 is 2.76 bits per heavy atom. The van der Waals surface area contributed by atoms with Crippen LogP contribution in [-0.4, -0.2) is 39.0 Å². The Hall–Kier alpha value is -2.50. The summed E-state index contributed by atoms with van der Waals surface area (Å²) in [6.07, 6.45) is 3.12. The maximum Gasteiger partial charge on any atom is 0.329 e. The van der Waals surface area contributed by atoms with Gasteiger partial charge in [-0.25, -0.2) is 9.18 Å². The summed E-state index contributed by atoms with van der Waals surface area (Å²) in [4.78, 5) is 30.9. The van der Waals surface area contributed by atoms with Crippen molar-refractivity contribution in [3.8, 4) is 0 Å². The molecule has 2 heterocycles. The molecule has 0 bridgehead atoms. The molecule has 2 aliphatic rings. The summed E-state index contributed by atoms with van der Waals surface area (Å²) in [5, 5.41) is 10.0. The van der Waals surface area contributed by atoms with Crippen molar-refractivity contribution in [3.63, 3.8) is 0 Å². The summed E-state index contributed by atoms with van der Waals surface area (Å²) in [5.41, 5.74) is 0.532. The summed E-state index contributed by atoms with van der Waals surface area (Å²) < 4.78 is 13.8. The lowest BCUT2D eigenvalue weighted by Gasteiger charge is -2.31. The number of aliphatic carboxylic acids is 1. The summed E-state index contributed by atoms with van der Waals surface area (Å²) in [5.74, 6) is -1.47. The highest BCUT2D eigenvalue weighted by Gasteiger charge is 2.46. The third-order valence-electron chi connectivity index (χ3n) is 5.36. The smallest absolute Gasteiger partial charge is 0.329 e. The van der Waals surface area contributed by atoms with E-state index in [1.165, 1.54) is 17.0 Å². The Morgan fingerprint density at radius 1 is 1.32 bits per heavy atom. The number of hydrogen-bond acceptors (Lipinski definition) is 3. The van der Waals surface area contributed by atoms with E-state index in [-0.39, 0.29) is 5.91 Å². The van der Waals surface area contributed by atoms with E-state index in [0.717, 1.165) is 18.5 Å². The van der Waals surface area contributed by atoms with Gasteiger partial charge in [0.25, 0.3) is 5.91 Å². The average molecular weight is 342 g/mol. The van der Waals surface area contributed by atoms with Crippen LogP contribution in [0.2, 0.25) is 0 Å². The lowest BCUT2D eigenvalue weighted by molar-refractivity contribution is -0.147. The molecule has 1 atom stereocenters. The van der Waals surface area contributed by atoms with Crippen LogP contribution in [0.15, 0.2) is 24.3 Å². The Balaban J connectivity index is 1.85. The molecule has 2 aromatic rings. The number of pyridine rings is 1. The highest BCUT2D eigenvalue weighted by Crippen LogP contribution is 2.41. The molecule has 1 amide bonds. The quantitative estimate of drug-likeness (QED) is 0.929. The molecule has 6 heteroatoms. The van der Waals surface area contributed by atoms with Crippen molar-refractivity contribution in [2.75, 3.05) is 6.54 Å². The van der Waals surface area contributed by atoms with Gasteiger partial charge in [0, 0.05) is 23.5 Å². The van der Waals surface area contributed by atoms with Crippen molar-refractivity contribution in [3.05, 3.63) is 41.3 Å². The molecule has 1 saturated heterocycles. The number of halogens is 1. The Labute approximate surface area is 144 Å². The molecule has 2 fully saturated rings. The Bertz CT molecular complexity index is 894. The number of nitrogens with zero attached hydrogens (tertiary/aromatic N) is 2. The van der Waals surface area contributed by atoms with Crippen LogP contribution in [0.1, 0.15) is 54.6 Å². The fraction of sp³-hybridized carbons (Fsp3) is 0.421. The molecule has 25 heavy (non-hydrogen) atoms. The van der Waals surface area contributed by atoms with Crippen LogP contribution in [-0.2, 0) is 4.79 Å². The van der Waals surface area contributed by atoms with Gasteiger partial charge in [0.2, 0.25) is 0 Å². The van der Waals surface area contributed by atoms with E-state index in [2.05, 4.69) is 4.98 Å². The molecular weight excluding hydrogens is 323 g/mol. The van der Waals surface area contributed by atoms with Crippen LogP contribution in [0, 0.1) is 5.82 Å². The maximum atomic E-state index is 13.8. The van der Waals surface area contributed by atoms with Crippen molar-refractivity contribution in [1.29, 1.82) is 0 Å². The second kappa shape index (κ2) is 5.51. The minimum atomic E-state index is -1.22. The maximum absolute atomic E-state index is 13.8. The number of fused-ring (bicyclic) bond motifs is 1. The number of hydrogen-bond donors (Lipinski definition) is 1. The molecule has 1 N–H and O–H groups in total. The number of amides is 1. The number of carboxylic acid groups (broad SMARTS) is 1. The van der Waals surface area contributed by atoms with Crippen LogP contribution in [0.5, 0.6) is 0 Å². The van der Waals surface area contributed by atoms with E-state index in [4.69, 9.17) is 0 Å². The first kappa shape index (κ1) is 16.0. The van der Waals surface area contributed by atoms with Crippen molar-refractivity contribution in [2.45, 2.75) is 44.1 Å². The summed E-state index contributed by atoms with van der Waals surface area (Å²) in [7, 11) is 0. The minimum Gasteiger partial charge on any atom is -0.480 e. The molecule has 0 radical (unpaired) electrons. The number of aromatic nitrogens is 1. The molecule has 130 valence electrons. The van der Waals surface area contributed by atoms with Crippen LogP contribution < -0.4 is 0 Å². The highest BCUT2D eigenvalue weighted by atomic mass is 19.1. The number of rotatable bonds is 3. The molecular formula is C19H19FN2O3. The third kappa shape index (κ3) is 2.56. The monoisotopic (exact) mass is 342 g/mol. The SMILES string of the molecule is CC1(C(=O)O)CCCN1C(=O)c1cc(C2CC2)nc2ccc(F)cc12. The molecule has 1 aromatic heterocycles. The number of likely N-dealkylation sites (tertiary alicyclic amines) is 1. The number of carboxylic acids is 1. The topological polar surface area (TPSA) is 70.5 Å². The molecule has 1 saturated carbocycles. The fourth-order valence-corrected chi connectivity index (χ4v) is 3.64. The zero-order valence-electron chi connectivity index (χ0n) is 14.0. The highest BCUT2D eigenvalue weighted by molar-refractivity contribution is 6.08. The predicted molar refractivity (Wildman–Crippen MR) is 90.0 cm³/mol. The summed E-state index contributed by atoms with van der Waals surface area (Å²) in [6.45, 7) is 1.96. The van der Waals surface area contributed by atoms with Crippen molar-refractivity contribution < 1.29 is 19.1 Å². The third-order valence-corrected chi connectivity index (χ3v) is 5.36. The predicted octanol–water partition coefficient (Wildman–Crippen LogP) is 3.33. The van der Waals surface area contributed by atoms with E-state index in [1.807, 2.05) is 0 Å². The molecule has 1 aliphatic heterocycles. The van der Waals surface area contributed by atoms with Gasteiger partial charge in [-0.15, -0.1) is 0 Å². The summed E-state index contributed by atoms with van der Waals surface area (Å²) >= 11 is 0. The van der Waals surface area contributed by atoms with Gasteiger partial charge in [0.05, 0.1) is 11.1 Å². The second-order valence-corrected chi connectivity index (χ2v) is 7.17. The average Bonchev–Trinajstić information content (AvgIpc) is 3.35. The van der Waals surface area contributed by atoms with Crippen LogP contribution in [0.25, 0.3) is 10.9 Å². The van der Waals surface area contributed by atoms with Gasteiger partial charge in [0.15, 0.2) is 0 Å². The van der Waals surface area contributed by atoms with Gasteiger partial charge < -0.3 is 10.0 Å². The van der Waals surface area contributed by atoms with Crippen molar-refractivity contribution in [1.82, 2.24) is 9.88 Å². The van der Waals surface area contributed by atoms with Gasteiger partial charge in [-0.1, -0.05) is 0 Å². The zero-order chi connectivity index (χ0) is 17.8. The lowest BCUT2D eigenvalue weighted by atomic mass is 9.97. The zero-order valence-corrected chi connectivity index (χ0v) is 14.0. The normalized spacial score (nSPS) is 23.2. The summed E-state index contributed by atoms with van der Waals surface area (Å²) in [6, 6.07) is 5.94. The van der Waals surface area contributed by atoms with Gasteiger partial charge in [-0.05, 0) is 56.9 Å². The minimum absolute atomic E-state index is 0.338. The van der Waals surface area contributed by atoms with Gasteiger partial charge >= 0.3 is 5.97 Å². The van der Waals surface area contributed by atoms with Gasteiger partial charge in [-0.3, -0.25) is 9.78 Å². The largest absolute Gasteiger partial charge is 0.480 e. The van der Waals surface area contributed by atoms with E-state index in [9.17, 15) is 19.1 Å². The number of carbonyl (C=O) groups is 2. The van der Waals surface area contributed by atoms with Crippen LogP contribution in [0.3, 0.4) is 0 Å². The molecule has 0 spiro atoms. The first-order valence-electron chi connectivity index (χ1n) is 8.56. The number of benzene rings is 1. The standard InChI is InChI=1S/C19H19FN2O3/c1-19(18(24)25)7-2-8-22(19)17(23)14-10-16(11-3-4-11)21-15-6-5-12(20)9-13(14)15/h5-6,9-11H,2-4,7-8H2,1H3,(H,24,25). The van der Waals surface area contributed by atoms with Crippen molar-refractivity contribution >= 4 is 22.8 Å². The van der Waals surface area contributed by atoms with Gasteiger partial charge in [0.1, 0.15) is 11.4 Å². The molecule has 1 aliphatic carbocycles. The van der Waals surface area contributed by atoms with E-state index in [0.29, 0.717) is 41.8 Å². The Kier molecular flexibility index (Phi) is 3.52. The lowest BCUT2D eigenvalue weighted by Crippen LogP contribution is -2.50. The first-order valence-corrected chi connectivity index (χ1v) is 8.56. The van der Waals surface area contributed by atoms with Gasteiger partial charge in [-0.2, -0.15) is 0 Å². The fourth-order valence-electron chi connectivity index (χ4n) is 3.64. The van der Waals surface area contributed by atoms with E-state index >= 15 is 0 Å². The van der Waals surface area contributed by atoms with Crippen LogP contribution in [0.4, 0.5) is 4.39 Å².